The first-order chi connectivity index (χ1) is 5.34. The van der Waals surface area contributed by atoms with Crippen LogP contribution in [0.25, 0.3) is 0 Å². The van der Waals surface area contributed by atoms with E-state index in [4.69, 9.17) is 4.74 Å². The third-order valence-electron chi connectivity index (χ3n) is 2.20. The monoisotopic (exact) mass is 171 g/mol. The van der Waals surface area contributed by atoms with Crippen LogP contribution in [0.5, 0.6) is 0 Å². The smallest absolute Gasteiger partial charge is 0.0604 e. The lowest BCUT2D eigenvalue weighted by Crippen LogP contribution is -2.23. The highest BCUT2D eigenvalue weighted by atomic mass is 32.1. The number of nitrogens with zero attached hydrogens (tertiary/aromatic N) is 1. The number of thiocarbonyl (C=S) groups is 1. The lowest BCUT2D eigenvalue weighted by Gasteiger charge is -2.24. The lowest BCUT2D eigenvalue weighted by molar-refractivity contribution is 0.0606. The van der Waals surface area contributed by atoms with Crippen molar-refractivity contribution in [3.8, 4) is 0 Å². The molecule has 0 aromatic heterocycles. The molecule has 0 aliphatic carbocycles. The van der Waals surface area contributed by atoms with Gasteiger partial charge < -0.3 is 4.74 Å². The molecule has 3 heteroatoms. The number of ether oxygens (including phenoxy) is 1. The molecule has 62 valence electrons. The minimum absolute atomic E-state index is 0.330. The van der Waals surface area contributed by atoms with Gasteiger partial charge in [-0.25, -0.2) is 4.99 Å². The molecular weight excluding hydrogens is 158 g/mol. The van der Waals surface area contributed by atoms with E-state index in [0.29, 0.717) is 12.0 Å². The fourth-order valence-electron chi connectivity index (χ4n) is 1.39. The van der Waals surface area contributed by atoms with Crippen molar-refractivity contribution < 1.29 is 4.74 Å². The van der Waals surface area contributed by atoms with Gasteiger partial charge in [-0.3, -0.25) is 0 Å². The molecule has 1 saturated heterocycles. The molecule has 1 heterocycles. The molecule has 0 aromatic rings. The third kappa shape index (κ3) is 2.70. The van der Waals surface area contributed by atoms with Crippen molar-refractivity contribution in [3.05, 3.63) is 0 Å². The number of hydrogen-bond donors (Lipinski definition) is 0. The molecule has 1 aliphatic heterocycles. The first-order valence-electron chi connectivity index (χ1n) is 3.99. The molecule has 2 nitrogen and oxygen atoms in total. The Morgan fingerprint density at radius 1 is 1.55 bits per heavy atom. The molecule has 1 atom stereocenters. The summed E-state index contributed by atoms with van der Waals surface area (Å²) in [6, 6.07) is 0.330. The zero-order valence-electron chi connectivity index (χ0n) is 6.75. The van der Waals surface area contributed by atoms with Crippen LogP contribution >= 0.6 is 12.2 Å². The van der Waals surface area contributed by atoms with Gasteiger partial charge in [-0.1, -0.05) is 0 Å². The van der Waals surface area contributed by atoms with Gasteiger partial charge in [0.15, 0.2) is 0 Å². The predicted molar refractivity (Wildman–Crippen MR) is 48.0 cm³/mol. The largest absolute Gasteiger partial charge is 0.381 e. The van der Waals surface area contributed by atoms with Crippen molar-refractivity contribution in [2.24, 2.45) is 10.9 Å². The van der Waals surface area contributed by atoms with E-state index in [0.717, 1.165) is 26.1 Å². The third-order valence-corrected chi connectivity index (χ3v) is 2.31. The highest BCUT2D eigenvalue weighted by molar-refractivity contribution is 7.78. The molecule has 0 saturated carbocycles. The van der Waals surface area contributed by atoms with Crippen LogP contribution in [-0.4, -0.2) is 24.4 Å². The highest BCUT2D eigenvalue weighted by Gasteiger charge is 2.19. The van der Waals surface area contributed by atoms with E-state index in [-0.39, 0.29) is 0 Å². The number of isothiocyanates is 1. The van der Waals surface area contributed by atoms with Crippen molar-refractivity contribution in [1.82, 2.24) is 0 Å². The number of hydrogen-bond acceptors (Lipinski definition) is 3. The summed E-state index contributed by atoms with van der Waals surface area (Å²) >= 11 is 4.55. The molecular formula is C8H13NOS. The summed E-state index contributed by atoms with van der Waals surface area (Å²) in [4.78, 5) is 4.06. The minimum Gasteiger partial charge on any atom is -0.381 e. The molecule has 0 bridgehead atoms. The summed E-state index contributed by atoms with van der Waals surface area (Å²) in [5, 5.41) is 2.43. The predicted octanol–water partition coefficient (Wildman–Crippen LogP) is 1.90. The van der Waals surface area contributed by atoms with Crippen LogP contribution in [0.1, 0.15) is 19.8 Å². The topological polar surface area (TPSA) is 21.6 Å². The van der Waals surface area contributed by atoms with Crippen LogP contribution in [-0.2, 0) is 4.74 Å². The summed E-state index contributed by atoms with van der Waals surface area (Å²) in [5.74, 6) is 0.652. The first-order valence-corrected chi connectivity index (χ1v) is 4.40. The fourth-order valence-corrected chi connectivity index (χ4v) is 1.55. The van der Waals surface area contributed by atoms with Crippen molar-refractivity contribution in [2.75, 3.05) is 13.2 Å². The lowest BCUT2D eigenvalue weighted by atomic mass is 9.93. The van der Waals surface area contributed by atoms with Gasteiger partial charge in [0.25, 0.3) is 0 Å². The van der Waals surface area contributed by atoms with Crippen molar-refractivity contribution in [1.29, 1.82) is 0 Å². The molecule has 1 aliphatic rings. The Labute approximate surface area is 72.7 Å². The molecule has 11 heavy (non-hydrogen) atoms. The minimum atomic E-state index is 0.330. The van der Waals surface area contributed by atoms with E-state index in [9.17, 15) is 0 Å². The summed E-state index contributed by atoms with van der Waals surface area (Å²) in [7, 11) is 0. The Kier molecular flexibility index (Phi) is 3.70. The summed E-state index contributed by atoms with van der Waals surface area (Å²) in [5.41, 5.74) is 0. The second-order valence-corrected chi connectivity index (χ2v) is 3.09. The average Bonchev–Trinajstić information content (AvgIpc) is 2.07. The maximum absolute atomic E-state index is 5.24. The molecule has 1 unspecified atom stereocenters. The molecule has 0 radical (unpaired) electrons. The van der Waals surface area contributed by atoms with Gasteiger partial charge in [-0.2, -0.15) is 0 Å². The molecule has 0 N–H and O–H groups in total. The van der Waals surface area contributed by atoms with E-state index in [1.54, 1.807) is 0 Å². The van der Waals surface area contributed by atoms with E-state index in [1.165, 1.54) is 0 Å². The summed E-state index contributed by atoms with van der Waals surface area (Å²) in [6.45, 7) is 3.85. The summed E-state index contributed by atoms with van der Waals surface area (Å²) in [6.07, 6.45) is 2.23. The van der Waals surface area contributed by atoms with Crippen LogP contribution in [0.15, 0.2) is 4.99 Å². The van der Waals surface area contributed by atoms with Crippen LogP contribution in [0.4, 0.5) is 0 Å². The molecule has 1 fully saturated rings. The van der Waals surface area contributed by atoms with Gasteiger partial charge in [-0.05, 0) is 37.9 Å². The molecule has 1 rings (SSSR count). The maximum atomic E-state index is 5.24. The van der Waals surface area contributed by atoms with E-state index < -0.39 is 0 Å². The van der Waals surface area contributed by atoms with Crippen LogP contribution in [0.3, 0.4) is 0 Å². The fraction of sp³-hybridized carbons (Fsp3) is 0.875. The van der Waals surface area contributed by atoms with Crippen molar-refractivity contribution in [3.63, 3.8) is 0 Å². The van der Waals surface area contributed by atoms with Crippen LogP contribution in [0.2, 0.25) is 0 Å². The second kappa shape index (κ2) is 4.60. The maximum Gasteiger partial charge on any atom is 0.0604 e. The number of rotatable bonds is 2. The van der Waals surface area contributed by atoms with Gasteiger partial charge in [0, 0.05) is 13.2 Å². The quantitative estimate of drug-likeness (QED) is 0.467. The zero-order valence-corrected chi connectivity index (χ0v) is 7.56. The highest BCUT2D eigenvalue weighted by Crippen LogP contribution is 2.20. The first kappa shape index (κ1) is 8.85. The van der Waals surface area contributed by atoms with E-state index in [1.807, 2.05) is 0 Å². The second-order valence-electron chi connectivity index (χ2n) is 2.91. The number of aliphatic imine (C=N–C) groups is 1. The van der Waals surface area contributed by atoms with Crippen LogP contribution < -0.4 is 0 Å². The van der Waals surface area contributed by atoms with Gasteiger partial charge in [0.05, 0.1) is 11.2 Å². The van der Waals surface area contributed by atoms with E-state index >= 15 is 0 Å². The normalized spacial score (nSPS) is 22.3. The zero-order chi connectivity index (χ0) is 8.10. The SMILES string of the molecule is CC(N=C=S)C1CCOCC1. The van der Waals surface area contributed by atoms with E-state index in [2.05, 4.69) is 29.3 Å². The van der Waals surface area contributed by atoms with Crippen molar-refractivity contribution >= 4 is 17.4 Å². The summed E-state index contributed by atoms with van der Waals surface area (Å²) < 4.78 is 5.24. The van der Waals surface area contributed by atoms with Gasteiger partial charge in [-0.15, -0.1) is 0 Å². The molecule has 0 aromatic carbocycles. The Morgan fingerprint density at radius 3 is 2.73 bits per heavy atom. The Balaban J connectivity index is 2.38. The van der Waals surface area contributed by atoms with Crippen LogP contribution in [0, 0.1) is 5.92 Å². The van der Waals surface area contributed by atoms with Gasteiger partial charge in [0.1, 0.15) is 0 Å². The van der Waals surface area contributed by atoms with Gasteiger partial charge >= 0.3 is 0 Å². The Hall–Kier alpha value is -0.240. The Bertz CT molecular complexity index is 159. The standard InChI is InChI=1S/C8H13NOS/c1-7(9-6-11)8-2-4-10-5-3-8/h7-8H,2-5H2,1H3. The van der Waals surface area contributed by atoms with Gasteiger partial charge in [0.2, 0.25) is 0 Å². The molecule has 0 spiro atoms. The van der Waals surface area contributed by atoms with Crippen molar-refractivity contribution in [2.45, 2.75) is 25.8 Å². The Morgan fingerprint density at radius 2 is 2.18 bits per heavy atom. The average molecular weight is 171 g/mol. The molecule has 0 amide bonds.